The van der Waals surface area contributed by atoms with E-state index in [1.54, 1.807) is 0 Å². The van der Waals surface area contributed by atoms with Crippen LogP contribution in [0, 0.1) is 5.82 Å². The maximum Gasteiger partial charge on any atom is 0.200 e. The van der Waals surface area contributed by atoms with Crippen LogP contribution in [0.1, 0.15) is 31.1 Å². The van der Waals surface area contributed by atoms with Crippen LogP contribution >= 0.6 is 11.6 Å². The summed E-state index contributed by atoms with van der Waals surface area (Å²) in [6.45, 7) is 0. The Morgan fingerprint density at radius 3 is 2.94 bits per heavy atom. The van der Waals surface area contributed by atoms with Crippen molar-refractivity contribution >= 4 is 22.7 Å². The van der Waals surface area contributed by atoms with E-state index >= 15 is 0 Å². The van der Waals surface area contributed by atoms with E-state index in [-0.39, 0.29) is 17.0 Å². The molecule has 2 N–H and O–H groups in total. The fourth-order valence-electron chi connectivity index (χ4n) is 2.40. The molecule has 1 fully saturated rings. The second kappa shape index (κ2) is 3.96. The van der Waals surface area contributed by atoms with Gasteiger partial charge in [0.15, 0.2) is 11.5 Å². The maximum atomic E-state index is 13.3. The largest absolute Gasteiger partial charge is 0.440 e. The molecule has 5 heteroatoms. The topological polar surface area (TPSA) is 52.0 Å². The molecule has 1 aromatic carbocycles. The monoisotopic (exact) mass is 254 g/mol. The molecule has 90 valence electrons. The molecule has 0 amide bonds. The zero-order valence-corrected chi connectivity index (χ0v) is 9.88. The molecular weight excluding hydrogens is 243 g/mol. The van der Waals surface area contributed by atoms with E-state index in [9.17, 15) is 4.39 Å². The third-order valence-electron chi connectivity index (χ3n) is 3.33. The van der Waals surface area contributed by atoms with E-state index in [0.29, 0.717) is 17.0 Å². The van der Waals surface area contributed by atoms with Gasteiger partial charge < -0.3 is 10.2 Å². The number of oxazole rings is 1. The molecule has 3 nitrogen and oxygen atoms in total. The first-order valence-electron chi connectivity index (χ1n) is 5.66. The van der Waals surface area contributed by atoms with E-state index < -0.39 is 5.82 Å². The minimum Gasteiger partial charge on any atom is -0.440 e. The molecule has 3 rings (SSSR count). The Morgan fingerprint density at radius 1 is 1.41 bits per heavy atom. The zero-order chi connectivity index (χ0) is 12.0. The Bertz CT molecular complexity index is 530. The number of hydrogen-bond acceptors (Lipinski definition) is 3. The van der Waals surface area contributed by atoms with Crippen LogP contribution in [0.3, 0.4) is 0 Å². The summed E-state index contributed by atoms with van der Waals surface area (Å²) in [6, 6.07) is 2.84. The van der Waals surface area contributed by atoms with Crippen molar-refractivity contribution in [3.8, 4) is 0 Å². The lowest BCUT2D eigenvalue weighted by molar-refractivity contribution is 0.448. The van der Waals surface area contributed by atoms with E-state index in [4.69, 9.17) is 21.8 Å². The van der Waals surface area contributed by atoms with Crippen LogP contribution in [0.25, 0.3) is 11.1 Å². The maximum absolute atomic E-state index is 13.3. The Hall–Kier alpha value is -1.13. The van der Waals surface area contributed by atoms with Crippen LogP contribution in [0.15, 0.2) is 16.5 Å². The third kappa shape index (κ3) is 1.81. The molecule has 0 bridgehead atoms. The Labute approximate surface area is 103 Å². The van der Waals surface area contributed by atoms with Crippen molar-refractivity contribution in [2.45, 2.75) is 31.2 Å². The highest BCUT2D eigenvalue weighted by Crippen LogP contribution is 2.35. The summed E-state index contributed by atoms with van der Waals surface area (Å²) in [7, 11) is 0. The highest BCUT2D eigenvalue weighted by atomic mass is 35.5. The van der Waals surface area contributed by atoms with Gasteiger partial charge >= 0.3 is 0 Å². The van der Waals surface area contributed by atoms with E-state index in [1.165, 1.54) is 12.1 Å². The van der Waals surface area contributed by atoms with Crippen molar-refractivity contribution in [1.29, 1.82) is 0 Å². The van der Waals surface area contributed by atoms with Gasteiger partial charge in [0.25, 0.3) is 0 Å². The van der Waals surface area contributed by atoms with Gasteiger partial charge in [-0.1, -0.05) is 18.0 Å². The summed E-state index contributed by atoms with van der Waals surface area (Å²) in [5.74, 6) is 0.258. The van der Waals surface area contributed by atoms with Crippen LogP contribution in [-0.4, -0.2) is 11.0 Å². The Kier molecular flexibility index (Phi) is 2.56. The molecule has 1 aliphatic rings. The van der Waals surface area contributed by atoms with Crippen molar-refractivity contribution < 1.29 is 8.81 Å². The highest BCUT2D eigenvalue weighted by Gasteiger charge is 2.29. The van der Waals surface area contributed by atoms with Crippen molar-refractivity contribution in [2.75, 3.05) is 0 Å². The van der Waals surface area contributed by atoms with Crippen LogP contribution in [0.5, 0.6) is 0 Å². The summed E-state index contributed by atoms with van der Waals surface area (Å²) >= 11 is 5.70. The normalized spacial score (nSPS) is 24.6. The minimum atomic E-state index is -0.488. The molecule has 17 heavy (non-hydrogen) atoms. The molecular formula is C12H12ClFN2O. The predicted molar refractivity (Wildman–Crippen MR) is 63.5 cm³/mol. The van der Waals surface area contributed by atoms with E-state index in [1.807, 2.05) is 0 Å². The second-order valence-corrected chi connectivity index (χ2v) is 4.89. The van der Waals surface area contributed by atoms with Crippen molar-refractivity contribution in [1.82, 2.24) is 4.98 Å². The van der Waals surface area contributed by atoms with Gasteiger partial charge in [0, 0.05) is 12.1 Å². The minimum absolute atomic E-state index is 0.0630. The van der Waals surface area contributed by atoms with E-state index in [2.05, 4.69) is 4.98 Å². The zero-order valence-electron chi connectivity index (χ0n) is 9.12. The summed E-state index contributed by atoms with van der Waals surface area (Å²) in [6.07, 6.45) is 3.04. The van der Waals surface area contributed by atoms with Gasteiger partial charge in [-0.25, -0.2) is 9.37 Å². The first-order chi connectivity index (χ1) is 8.15. The molecule has 0 saturated heterocycles. The molecule has 2 aromatic rings. The molecule has 0 radical (unpaired) electrons. The second-order valence-electron chi connectivity index (χ2n) is 4.49. The third-order valence-corrected chi connectivity index (χ3v) is 3.62. The van der Waals surface area contributed by atoms with Crippen LogP contribution in [0.2, 0.25) is 5.02 Å². The van der Waals surface area contributed by atoms with Crippen molar-refractivity contribution in [3.05, 3.63) is 28.9 Å². The summed E-state index contributed by atoms with van der Waals surface area (Å²) in [5.41, 5.74) is 7.01. The molecule has 2 atom stereocenters. The number of rotatable bonds is 1. The molecule has 0 spiro atoms. The molecule has 0 aliphatic heterocycles. The number of benzene rings is 1. The molecule has 1 heterocycles. The SMILES string of the molecule is NC1CCCC1c1nc2cc(Cl)c(F)cc2o1. The fraction of sp³-hybridized carbons (Fsp3) is 0.417. The van der Waals surface area contributed by atoms with Gasteiger partial charge in [-0.05, 0) is 18.9 Å². The number of nitrogens with two attached hydrogens (primary N) is 1. The predicted octanol–water partition coefficient (Wildman–Crippen LogP) is 3.22. The summed E-state index contributed by atoms with van der Waals surface area (Å²) < 4.78 is 18.8. The van der Waals surface area contributed by atoms with Gasteiger partial charge in [-0.3, -0.25) is 0 Å². The molecule has 1 aliphatic carbocycles. The average Bonchev–Trinajstić information content (AvgIpc) is 2.85. The lowest BCUT2D eigenvalue weighted by atomic mass is 10.1. The lowest BCUT2D eigenvalue weighted by Crippen LogP contribution is -2.22. The van der Waals surface area contributed by atoms with Gasteiger partial charge in [0.1, 0.15) is 11.3 Å². The van der Waals surface area contributed by atoms with Crippen LogP contribution in [0.4, 0.5) is 4.39 Å². The fourth-order valence-corrected chi connectivity index (χ4v) is 2.55. The Balaban J connectivity index is 2.07. The summed E-state index contributed by atoms with van der Waals surface area (Å²) in [5, 5.41) is 0.0630. The van der Waals surface area contributed by atoms with Gasteiger partial charge in [-0.15, -0.1) is 0 Å². The number of nitrogens with zero attached hydrogens (tertiary/aromatic N) is 1. The van der Waals surface area contributed by atoms with Crippen LogP contribution in [-0.2, 0) is 0 Å². The number of fused-ring (bicyclic) bond motifs is 1. The van der Waals surface area contributed by atoms with Crippen LogP contribution < -0.4 is 5.73 Å². The highest BCUT2D eigenvalue weighted by molar-refractivity contribution is 6.31. The van der Waals surface area contributed by atoms with Crippen molar-refractivity contribution in [2.24, 2.45) is 5.73 Å². The van der Waals surface area contributed by atoms with Crippen molar-refractivity contribution in [3.63, 3.8) is 0 Å². The first kappa shape index (κ1) is 11.0. The standard InChI is InChI=1S/C12H12ClFN2O/c13-7-4-10-11(5-8(7)14)17-12(16-10)6-2-1-3-9(6)15/h4-6,9H,1-3,15H2. The number of aromatic nitrogens is 1. The van der Waals surface area contributed by atoms with Gasteiger partial charge in [-0.2, -0.15) is 0 Å². The lowest BCUT2D eigenvalue weighted by Gasteiger charge is -2.09. The number of hydrogen-bond donors (Lipinski definition) is 1. The van der Waals surface area contributed by atoms with Gasteiger partial charge in [0.05, 0.1) is 10.9 Å². The first-order valence-corrected chi connectivity index (χ1v) is 6.04. The number of halogens is 2. The molecule has 1 saturated carbocycles. The molecule has 1 aromatic heterocycles. The average molecular weight is 255 g/mol. The molecule has 2 unspecified atom stereocenters. The summed E-state index contributed by atoms with van der Waals surface area (Å²) in [4.78, 5) is 4.35. The Morgan fingerprint density at radius 2 is 2.24 bits per heavy atom. The quantitative estimate of drug-likeness (QED) is 0.850. The van der Waals surface area contributed by atoms with E-state index in [0.717, 1.165) is 19.3 Å². The smallest absolute Gasteiger partial charge is 0.200 e. The van der Waals surface area contributed by atoms with Gasteiger partial charge in [0.2, 0.25) is 0 Å².